The number of nitrogens with zero attached hydrogens (tertiary/aromatic N) is 2. The molecule has 2 N–H and O–H groups in total. The lowest BCUT2D eigenvalue weighted by Gasteiger charge is -2.29. The predicted molar refractivity (Wildman–Crippen MR) is 128 cm³/mol. The zero-order chi connectivity index (χ0) is 22.0. The molecule has 158 valence electrons. The molecule has 4 nitrogen and oxygen atoms in total. The van der Waals surface area contributed by atoms with Crippen LogP contribution in [0.2, 0.25) is 5.02 Å². The third-order valence-corrected chi connectivity index (χ3v) is 5.70. The molecule has 3 rings (SSSR count). The van der Waals surface area contributed by atoms with Crippen molar-refractivity contribution in [1.82, 2.24) is 10.3 Å². The first-order valence-corrected chi connectivity index (χ1v) is 10.5. The quantitative estimate of drug-likeness (QED) is 0.450. The minimum absolute atomic E-state index is 0.174. The molecule has 0 unspecified atom stereocenters. The van der Waals surface area contributed by atoms with Crippen molar-refractivity contribution in [2.45, 2.75) is 33.7 Å². The zero-order valence-electron chi connectivity index (χ0n) is 17.5. The molecule has 30 heavy (non-hydrogen) atoms. The fraction of sp³-hybridized carbons (Fsp3) is 0.261. The first-order valence-electron chi connectivity index (χ1n) is 9.75. The molecule has 1 aliphatic heterocycles. The van der Waals surface area contributed by atoms with E-state index in [-0.39, 0.29) is 17.8 Å². The van der Waals surface area contributed by atoms with Gasteiger partial charge in [0, 0.05) is 39.8 Å². The molecule has 2 aromatic rings. The van der Waals surface area contributed by atoms with Gasteiger partial charge < -0.3 is 14.9 Å². The van der Waals surface area contributed by atoms with Crippen LogP contribution in [0.1, 0.15) is 33.3 Å². The van der Waals surface area contributed by atoms with Gasteiger partial charge in [0.05, 0.1) is 23.3 Å². The summed E-state index contributed by atoms with van der Waals surface area (Å²) in [6, 6.07) is 6.57. The molecule has 0 aliphatic carbocycles. The molecular formula is C23H26ClFN4S. The van der Waals surface area contributed by atoms with Crippen molar-refractivity contribution >= 4 is 41.4 Å². The predicted octanol–water partition coefficient (Wildman–Crippen LogP) is 6.41. The minimum Gasteiger partial charge on any atom is -0.357 e. The van der Waals surface area contributed by atoms with E-state index in [4.69, 9.17) is 11.6 Å². The van der Waals surface area contributed by atoms with E-state index in [0.717, 1.165) is 22.8 Å². The van der Waals surface area contributed by atoms with Crippen molar-refractivity contribution in [1.29, 1.82) is 0 Å². The number of dihydropyridines is 1. The number of anilines is 2. The summed E-state index contributed by atoms with van der Waals surface area (Å²) >= 11 is 10.7. The van der Waals surface area contributed by atoms with Gasteiger partial charge in [-0.1, -0.05) is 44.8 Å². The number of allylic oxidation sites excluding steroid dienone is 3. The molecule has 0 atom stereocenters. The molecule has 7 heteroatoms. The van der Waals surface area contributed by atoms with E-state index < -0.39 is 0 Å². The SMILES string of the molecule is C=C1NC(C(C)C)=C(Nc2ccncc2N(S)C(C)C)C=C1c1cc(Cl)ccc1F. The Hall–Kier alpha value is -2.44. The Balaban J connectivity index is 2.10. The van der Waals surface area contributed by atoms with Crippen molar-refractivity contribution < 1.29 is 4.39 Å². The molecule has 2 heterocycles. The molecular weight excluding hydrogens is 419 g/mol. The Kier molecular flexibility index (Phi) is 6.78. The van der Waals surface area contributed by atoms with Crippen molar-refractivity contribution in [3.63, 3.8) is 0 Å². The van der Waals surface area contributed by atoms with Gasteiger partial charge >= 0.3 is 0 Å². The first-order chi connectivity index (χ1) is 14.2. The molecule has 0 radical (unpaired) electrons. The van der Waals surface area contributed by atoms with Gasteiger partial charge in [-0.3, -0.25) is 4.98 Å². The normalized spacial score (nSPS) is 14.2. The van der Waals surface area contributed by atoms with Crippen molar-refractivity contribution in [2.24, 2.45) is 5.92 Å². The Morgan fingerprint density at radius 2 is 1.97 bits per heavy atom. The fourth-order valence-electron chi connectivity index (χ4n) is 3.21. The number of nitrogens with one attached hydrogen (secondary N) is 2. The smallest absolute Gasteiger partial charge is 0.131 e. The molecule has 0 fully saturated rings. The van der Waals surface area contributed by atoms with Crippen LogP contribution in [0.4, 0.5) is 15.8 Å². The number of pyridine rings is 1. The number of halogens is 2. The van der Waals surface area contributed by atoms with Gasteiger partial charge in [0.2, 0.25) is 0 Å². The average Bonchev–Trinajstić information content (AvgIpc) is 2.70. The Labute approximate surface area is 188 Å². The second kappa shape index (κ2) is 9.14. The standard InChI is InChI=1S/C23H26ClFN4S/c1-13(2)23-21(28-20-8-9-26-12-22(20)29(30)14(3)4)11-17(15(5)27-23)18-10-16(24)6-7-19(18)25/h6-14,27,30H,5H2,1-4H3,(H,26,28). The summed E-state index contributed by atoms with van der Waals surface area (Å²) in [4.78, 5) is 4.24. The highest BCUT2D eigenvalue weighted by Crippen LogP contribution is 2.35. The Morgan fingerprint density at radius 1 is 1.23 bits per heavy atom. The highest BCUT2D eigenvalue weighted by molar-refractivity contribution is 7.81. The molecule has 0 saturated heterocycles. The average molecular weight is 445 g/mol. The van der Waals surface area contributed by atoms with E-state index in [0.29, 0.717) is 21.9 Å². The van der Waals surface area contributed by atoms with Crippen LogP contribution in [-0.4, -0.2) is 11.0 Å². The van der Waals surface area contributed by atoms with Crippen molar-refractivity contribution in [3.05, 3.63) is 82.8 Å². The van der Waals surface area contributed by atoms with Crippen LogP contribution in [0, 0.1) is 11.7 Å². The molecule has 0 saturated carbocycles. The molecule has 1 aliphatic rings. The summed E-state index contributed by atoms with van der Waals surface area (Å²) in [5, 5.41) is 7.30. The second-order valence-electron chi connectivity index (χ2n) is 7.72. The minimum atomic E-state index is -0.355. The van der Waals surface area contributed by atoms with Crippen LogP contribution in [0.5, 0.6) is 0 Å². The maximum absolute atomic E-state index is 14.6. The summed E-state index contributed by atoms with van der Waals surface area (Å²) in [7, 11) is 0. The lowest BCUT2D eigenvalue weighted by atomic mass is 9.95. The maximum Gasteiger partial charge on any atom is 0.131 e. The van der Waals surface area contributed by atoms with Crippen LogP contribution in [0.3, 0.4) is 0 Å². The molecule has 1 aromatic carbocycles. The van der Waals surface area contributed by atoms with Gasteiger partial charge in [-0.05, 0) is 50.1 Å². The number of hydrogen-bond acceptors (Lipinski definition) is 5. The topological polar surface area (TPSA) is 40.2 Å². The van der Waals surface area contributed by atoms with E-state index in [2.05, 4.69) is 62.7 Å². The van der Waals surface area contributed by atoms with Gasteiger partial charge in [0.15, 0.2) is 0 Å². The Bertz CT molecular complexity index is 1030. The number of hydrogen-bond donors (Lipinski definition) is 3. The first kappa shape index (κ1) is 22.2. The maximum atomic E-state index is 14.6. The number of benzene rings is 1. The number of thiol groups is 1. The van der Waals surface area contributed by atoms with Crippen LogP contribution in [-0.2, 0) is 0 Å². The third kappa shape index (κ3) is 4.65. The van der Waals surface area contributed by atoms with Gasteiger partial charge in [-0.25, -0.2) is 4.39 Å². The fourth-order valence-corrected chi connectivity index (χ4v) is 3.54. The molecule has 0 amide bonds. The van der Waals surface area contributed by atoms with Gasteiger partial charge in [-0.2, -0.15) is 0 Å². The van der Waals surface area contributed by atoms with Crippen LogP contribution < -0.4 is 14.9 Å². The summed E-state index contributed by atoms with van der Waals surface area (Å²) in [5.41, 5.74) is 5.14. The van der Waals surface area contributed by atoms with Crippen LogP contribution in [0.15, 0.2) is 66.4 Å². The summed E-state index contributed by atoms with van der Waals surface area (Å²) in [6.07, 6.45) is 5.40. The lowest BCUT2D eigenvalue weighted by molar-refractivity contribution is 0.623. The number of aromatic nitrogens is 1. The van der Waals surface area contributed by atoms with Crippen LogP contribution >= 0.6 is 24.4 Å². The molecule has 1 aromatic heterocycles. The monoisotopic (exact) mass is 444 g/mol. The van der Waals surface area contributed by atoms with E-state index in [1.54, 1.807) is 18.5 Å². The summed E-state index contributed by atoms with van der Waals surface area (Å²) in [6.45, 7) is 12.4. The summed E-state index contributed by atoms with van der Waals surface area (Å²) in [5.74, 6) is -0.166. The highest BCUT2D eigenvalue weighted by atomic mass is 35.5. The van der Waals surface area contributed by atoms with E-state index in [9.17, 15) is 4.39 Å². The molecule has 0 bridgehead atoms. The van der Waals surface area contributed by atoms with Gasteiger partial charge in [0.1, 0.15) is 5.82 Å². The second-order valence-corrected chi connectivity index (χ2v) is 8.59. The van der Waals surface area contributed by atoms with Crippen LogP contribution in [0.25, 0.3) is 5.57 Å². The van der Waals surface area contributed by atoms with E-state index >= 15 is 0 Å². The van der Waals surface area contributed by atoms with E-state index in [1.807, 2.05) is 16.4 Å². The lowest BCUT2D eigenvalue weighted by Crippen LogP contribution is -2.26. The third-order valence-electron chi connectivity index (χ3n) is 4.79. The molecule has 0 spiro atoms. The number of rotatable bonds is 6. The van der Waals surface area contributed by atoms with Gasteiger partial charge in [0.25, 0.3) is 0 Å². The van der Waals surface area contributed by atoms with Crippen molar-refractivity contribution in [2.75, 3.05) is 9.62 Å². The largest absolute Gasteiger partial charge is 0.357 e. The van der Waals surface area contributed by atoms with Gasteiger partial charge in [-0.15, -0.1) is 0 Å². The highest BCUT2D eigenvalue weighted by Gasteiger charge is 2.23. The summed E-state index contributed by atoms with van der Waals surface area (Å²) < 4.78 is 16.4. The van der Waals surface area contributed by atoms with E-state index in [1.165, 1.54) is 12.1 Å². The zero-order valence-corrected chi connectivity index (χ0v) is 19.2. The van der Waals surface area contributed by atoms with Crippen molar-refractivity contribution in [3.8, 4) is 0 Å². The Morgan fingerprint density at radius 3 is 2.63 bits per heavy atom.